The molecule has 1 aromatic heterocycles. The SMILES string of the molecule is CCN1C(=O)/C(=C\c2ccc(-c3ccc([N+](=O)[O-])cc3C)o2)SC1=Nc1ccc(C(=O)O)cc1. The minimum Gasteiger partial charge on any atom is -0.478 e. The van der Waals surface area contributed by atoms with Crippen LogP contribution in [0.1, 0.15) is 28.6 Å². The minimum atomic E-state index is -1.02. The molecule has 1 aliphatic rings. The summed E-state index contributed by atoms with van der Waals surface area (Å²) in [5, 5.41) is 20.5. The average molecular weight is 477 g/mol. The second kappa shape index (κ2) is 9.36. The van der Waals surface area contributed by atoms with Gasteiger partial charge in [-0.2, -0.15) is 0 Å². The van der Waals surface area contributed by atoms with Gasteiger partial charge in [-0.05, 0) is 73.6 Å². The number of rotatable bonds is 6. The monoisotopic (exact) mass is 477 g/mol. The van der Waals surface area contributed by atoms with E-state index in [4.69, 9.17) is 9.52 Å². The number of hydrogen-bond acceptors (Lipinski definition) is 7. The Kier molecular flexibility index (Phi) is 6.33. The first-order valence-electron chi connectivity index (χ1n) is 10.3. The number of non-ortho nitro benzene ring substituents is 1. The first-order valence-corrected chi connectivity index (χ1v) is 11.1. The van der Waals surface area contributed by atoms with E-state index in [1.54, 1.807) is 43.3 Å². The standard InChI is InChI=1S/C24H19N3O6S/c1-3-26-22(28)21(34-24(26)25-16-6-4-15(5-7-16)23(29)30)13-18-9-11-20(33-18)19-10-8-17(27(31)32)12-14(19)2/h4-13H,3H2,1-2H3,(H,29,30)/b21-13+,25-24?. The number of aryl methyl sites for hydroxylation is 1. The quantitative estimate of drug-likeness (QED) is 0.283. The molecule has 172 valence electrons. The molecule has 4 rings (SSSR count). The number of carbonyl (C=O) groups is 2. The Morgan fingerprint density at radius 3 is 2.56 bits per heavy atom. The van der Waals surface area contributed by atoms with Crippen LogP contribution in [-0.2, 0) is 4.79 Å². The number of amidine groups is 1. The molecule has 34 heavy (non-hydrogen) atoms. The van der Waals surface area contributed by atoms with E-state index in [0.717, 1.165) is 5.56 Å². The lowest BCUT2D eigenvalue weighted by molar-refractivity contribution is -0.384. The topological polar surface area (TPSA) is 126 Å². The minimum absolute atomic E-state index is 0.00664. The summed E-state index contributed by atoms with van der Waals surface area (Å²) >= 11 is 1.20. The van der Waals surface area contributed by atoms with Crippen LogP contribution in [0.2, 0.25) is 0 Å². The highest BCUT2D eigenvalue weighted by atomic mass is 32.2. The number of carboxylic acids is 1. The van der Waals surface area contributed by atoms with Crippen molar-refractivity contribution in [2.24, 2.45) is 4.99 Å². The van der Waals surface area contributed by atoms with Crippen molar-refractivity contribution in [1.82, 2.24) is 4.90 Å². The van der Waals surface area contributed by atoms with Gasteiger partial charge in [0.15, 0.2) is 5.17 Å². The molecule has 0 unspecified atom stereocenters. The molecule has 1 saturated heterocycles. The number of thioether (sulfide) groups is 1. The molecule has 9 nitrogen and oxygen atoms in total. The molecule has 1 amide bonds. The first kappa shape index (κ1) is 23.0. The van der Waals surface area contributed by atoms with Crippen LogP contribution in [0.15, 0.2) is 68.9 Å². The van der Waals surface area contributed by atoms with Gasteiger partial charge in [0.05, 0.1) is 21.1 Å². The second-order valence-corrected chi connectivity index (χ2v) is 8.37. The Labute approximate surface area is 198 Å². The molecule has 0 bridgehead atoms. The van der Waals surface area contributed by atoms with E-state index >= 15 is 0 Å². The van der Waals surface area contributed by atoms with Gasteiger partial charge in [0, 0.05) is 30.3 Å². The molecular weight excluding hydrogens is 458 g/mol. The molecule has 1 fully saturated rings. The lowest BCUT2D eigenvalue weighted by Gasteiger charge is -2.11. The van der Waals surface area contributed by atoms with E-state index in [2.05, 4.69) is 4.99 Å². The molecule has 0 atom stereocenters. The molecule has 3 aromatic rings. The largest absolute Gasteiger partial charge is 0.478 e. The van der Waals surface area contributed by atoms with Crippen LogP contribution < -0.4 is 0 Å². The average Bonchev–Trinajstić information content (AvgIpc) is 3.38. The van der Waals surface area contributed by atoms with Crippen LogP contribution in [-0.4, -0.2) is 38.5 Å². The highest BCUT2D eigenvalue weighted by Crippen LogP contribution is 2.35. The molecular formula is C24H19N3O6S. The van der Waals surface area contributed by atoms with Gasteiger partial charge in [-0.3, -0.25) is 19.8 Å². The van der Waals surface area contributed by atoms with Gasteiger partial charge in [-0.15, -0.1) is 0 Å². The van der Waals surface area contributed by atoms with Crippen LogP contribution in [0.4, 0.5) is 11.4 Å². The molecule has 0 saturated carbocycles. The fourth-order valence-electron chi connectivity index (χ4n) is 3.40. The first-order chi connectivity index (χ1) is 16.3. The molecule has 2 aromatic carbocycles. The third-order valence-corrected chi connectivity index (χ3v) is 6.14. The molecule has 0 aliphatic carbocycles. The van der Waals surface area contributed by atoms with Crippen molar-refractivity contribution in [3.63, 3.8) is 0 Å². The smallest absolute Gasteiger partial charge is 0.335 e. The molecule has 1 aliphatic heterocycles. The number of furan rings is 1. The van der Waals surface area contributed by atoms with Crippen LogP contribution in [0.25, 0.3) is 17.4 Å². The lowest BCUT2D eigenvalue weighted by Crippen LogP contribution is -2.28. The van der Waals surface area contributed by atoms with Crippen molar-refractivity contribution >= 4 is 46.3 Å². The van der Waals surface area contributed by atoms with E-state index < -0.39 is 10.9 Å². The Morgan fingerprint density at radius 1 is 1.21 bits per heavy atom. The number of nitrogens with zero attached hydrogens (tertiary/aromatic N) is 3. The van der Waals surface area contributed by atoms with Gasteiger partial charge in [0.1, 0.15) is 11.5 Å². The van der Waals surface area contributed by atoms with Crippen LogP contribution in [0.3, 0.4) is 0 Å². The Bertz CT molecular complexity index is 1360. The molecule has 1 N–H and O–H groups in total. The van der Waals surface area contributed by atoms with Crippen molar-refractivity contribution in [3.05, 3.63) is 86.5 Å². The number of likely N-dealkylation sites (N-methyl/N-ethyl adjacent to an activating group) is 1. The maximum atomic E-state index is 12.9. The summed E-state index contributed by atoms with van der Waals surface area (Å²) in [6.07, 6.45) is 1.63. The number of nitro benzene ring substituents is 1. The Hall–Kier alpha value is -4.18. The van der Waals surface area contributed by atoms with Gasteiger partial charge in [0.25, 0.3) is 11.6 Å². The van der Waals surface area contributed by atoms with Crippen molar-refractivity contribution in [2.75, 3.05) is 6.54 Å². The number of benzene rings is 2. The summed E-state index contributed by atoms with van der Waals surface area (Å²) in [5.41, 5.74) is 2.13. The van der Waals surface area contributed by atoms with E-state index in [1.165, 1.54) is 40.9 Å². The van der Waals surface area contributed by atoms with Gasteiger partial charge < -0.3 is 9.52 Å². The summed E-state index contributed by atoms with van der Waals surface area (Å²) in [5.74, 6) is -0.231. The predicted octanol–water partition coefficient (Wildman–Crippen LogP) is 5.49. The maximum Gasteiger partial charge on any atom is 0.335 e. The fraction of sp³-hybridized carbons (Fsp3) is 0.125. The zero-order valence-corrected chi connectivity index (χ0v) is 19.0. The summed E-state index contributed by atoms with van der Waals surface area (Å²) in [6, 6.07) is 14.1. The van der Waals surface area contributed by atoms with Gasteiger partial charge in [-0.1, -0.05) is 0 Å². The van der Waals surface area contributed by atoms with E-state index in [9.17, 15) is 19.7 Å². The highest BCUT2D eigenvalue weighted by molar-refractivity contribution is 8.18. The van der Waals surface area contributed by atoms with Crippen molar-refractivity contribution < 1.29 is 24.0 Å². The number of nitro groups is 1. The van der Waals surface area contributed by atoms with E-state index in [1.807, 2.05) is 6.92 Å². The van der Waals surface area contributed by atoms with E-state index in [0.29, 0.717) is 39.4 Å². The highest BCUT2D eigenvalue weighted by Gasteiger charge is 2.32. The van der Waals surface area contributed by atoms with Crippen molar-refractivity contribution in [1.29, 1.82) is 0 Å². The van der Waals surface area contributed by atoms with Crippen LogP contribution in [0.5, 0.6) is 0 Å². The normalized spacial score (nSPS) is 15.9. The van der Waals surface area contributed by atoms with Gasteiger partial charge in [0.2, 0.25) is 0 Å². The zero-order chi connectivity index (χ0) is 24.4. The van der Waals surface area contributed by atoms with Gasteiger partial charge in [-0.25, -0.2) is 9.79 Å². The number of aromatic carboxylic acids is 1. The summed E-state index contributed by atoms with van der Waals surface area (Å²) in [4.78, 5) is 40.9. The molecule has 10 heteroatoms. The van der Waals surface area contributed by atoms with Crippen LogP contribution >= 0.6 is 11.8 Å². The predicted molar refractivity (Wildman–Crippen MR) is 129 cm³/mol. The number of amides is 1. The fourth-order valence-corrected chi connectivity index (χ4v) is 4.44. The number of hydrogen-bond donors (Lipinski definition) is 1. The van der Waals surface area contributed by atoms with Gasteiger partial charge >= 0.3 is 5.97 Å². The Morgan fingerprint density at radius 2 is 1.94 bits per heavy atom. The molecule has 0 radical (unpaired) electrons. The number of carbonyl (C=O) groups excluding carboxylic acids is 1. The van der Waals surface area contributed by atoms with Crippen molar-refractivity contribution in [2.45, 2.75) is 13.8 Å². The summed E-state index contributed by atoms with van der Waals surface area (Å²) in [6.45, 7) is 4.03. The molecule has 2 heterocycles. The maximum absolute atomic E-state index is 12.9. The number of aliphatic imine (C=N–C) groups is 1. The summed E-state index contributed by atoms with van der Waals surface area (Å²) in [7, 11) is 0. The Balaban J connectivity index is 1.59. The van der Waals surface area contributed by atoms with E-state index in [-0.39, 0.29) is 17.2 Å². The van der Waals surface area contributed by atoms with Crippen LogP contribution in [0, 0.1) is 17.0 Å². The number of carboxylic acid groups (broad SMARTS) is 1. The zero-order valence-electron chi connectivity index (χ0n) is 18.2. The lowest BCUT2D eigenvalue weighted by atomic mass is 10.1. The summed E-state index contributed by atoms with van der Waals surface area (Å²) < 4.78 is 5.89. The third-order valence-electron chi connectivity index (χ3n) is 5.13. The third kappa shape index (κ3) is 4.62. The molecule has 0 spiro atoms. The second-order valence-electron chi connectivity index (χ2n) is 7.36. The van der Waals surface area contributed by atoms with Crippen molar-refractivity contribution in [3.8, 4) is 11.3 Å².